The second-order valence-electron chi connectivity index (χ2n) is 7.95. The highest BCUT2D eigenvalue weighted by Gasteiger charge is 2.34. The summed E-state index contributed by atoms with van der Waals surface area (Å²) in [7, 11) is -3.58. The Morgan fingerprint density at radius 2 is 1.87 bits per heavy atom. The average molecular weight is 436 g/mol. The number of likely N-dealkylation sites (tertiary alicyclic amines) is 1. The van der Waals surface area contributed by atoms with Gasteiger partial charge >= 0.3 is 0 Å². The molecule has 11 heteroatoms. The molecule has 1 unspecified atom stereocenters. The van der Waals surface area contributed by atoms with E-state index < -0.39 is 10.0 Å². The number of aromatic nitrogens is 5. The summed E-state index contributed by atoms with van der Waals surface area (Å²) in [5.74, 6) is -0.0754. The second-order valence-corrected chi connectivity index (χ2v) is 9.84. The molecular weight excluding hydrogens is 406 g/mol. The van der Waals surface area contributed by atoms with E-state index in [1.54, 1.807) is 31.0 Å². The van der Waals surface area contributed by atoms with Crippen LogP contribution in [0.4, 0.5) is 0 Å². The van der Waals surface area contributed by atoms with Crippen LogP contribution in [0.25, 0.3) is 0 Å². The highest BCUT2D eigenvalue weighted by Crippen LogP contribution is 2.27. The van der Waals surface area contributed by atoms with Crippen molar-refractivity contribution >= 4 is 15.9 Å². The summed E-state index contributed by atoms with van der Waals surface area (Å²) in [4.78, 5) is 14.5. The van der Waals surface area contributed by atoms with Crippen molar-refractivity contribution in [2.45, 2.75) is 69.5 Å². The third-order valence-corrected chi connectivity index (χ3v) is 7.86. The van der Waals surface area contributed by atoms with Crippen molar-refractivity contribution in [2.75, 3.05) is 19.6 Å². The molecule has 0 aromatic carbocycles. The van der Waals surface area contributed by atoms with Crippen LogP contribution in [0.3, 0.4) is 0 Å². The number of carbonyl (C=O) groups is 1. The molecule has 4 rings (SSSR count). The van der Waals surface area contributed by atoms with E-state index in [0.717, 1.165) is 45.2 Å². The van der Waals surface area contributed by atoms with Gasteiger partial charge in [-0.05, 0) is 39.0 Å². The van der Waals surface area contributed by atoms with Crippen LogP contribution in [0.5, 0.6) is 0 Å². The molecule has 0 spiro atoms. The smallest absolute Gasteiger partial charge is 0.276 e. The fraction of sp³-hybridized carbons (Fsp3) is 0.684. The van der Waals surface area contributed by atoms with E-state index in [1.807, 2.05) is 6.92 Å². The van der Waals surface area contributed by atoms with E-state index in [2.05, 4.69) is 15.4 Å². The van der Waals surface area contributed by atoms with Crippen LogP contribution in [0.15, 0.2) is 23.5 Å². The molecular formula is C19H29N7O3S. The molecule has 2 aliphatic heterocycles. The lowest BCUT2D eigenvalue weighted by Crippen LogP contribution is -2.44. The van der Waals surface area contributed by atoms with Crippen LogP contribution in [0.1, 0.15) is 55.9 Å². The maximum Gasteiger partial charge on any atom is 0.276 e. The Hall–Kier alpha value is -2.27. The second kappa shape index (κ2) is 8.84. The molecule has 2 aromatic rings. The topological polar surface area (TPSA) is 106 Å². The third kappa shape index (κ3) is 4.27. The Balaban J connectivity index is 1.42. The fourth-order valence-electron chi connectivity index (χ4n) is 4.23. The number of aryl methyl sites for hydroxylation is 2. The average Bonchev–Trinajstić information content (AvgIpc) is 3.53. The quantitative estimate of drug-likeness (QED) is 0.650. The lowest BCUT2D eigenvalue weighted by molar-refractivity contribution is 0.0787. The summed E-state index contributed by atoms with van der Waals surface area (Å²) in [6, 6.07) is -0.101. The summed E-state index contributed by atoms with van der Waals surface area (Å²) in [6.45, 7) is 5.13. The van der Waals surface area contributed by atoms with Crippen LogP contribution < -0.4 is 0 Å². The Morgan fingerprint density at radius 3 is 2.60 bits per heavy atom. The molecule has 4 heterocycles. The van der Waals surface area contributed by atoms with Gasteiger partial charge in [0.25, 0.3) is 5.91 Å². The van der Waals surface area contributed by atoms with Crippen LogP contribution in [0, 0.1) is 0 Å². The monoisotopic (exact) mass is 435 g/mol. The zero-order valence-corrected chi connectivity index (χ0v) is 18.2. The fourth-order valence-corrected chi connectivity index (χ4v) is 5.91. The maximum absolute atomic E-state index is 13.2. The molecule has 0 aliphatic carbocycles. The van der Waals surface area contributed by atoms with Gasteiger partial charge in [0.05, 0.1) is 12.4 Å². The number of rotatable bonds is 7. The van der Waals surface area contributed by atoms with Gasteiger partial charge in [-0.2, -0.15) is 9.40 Å². The van der Waals surface area contributed by atoms with E-state index in [4.69, 9.17) is 0 Å². The van der Waals surface area contributed by atoms with E-state index in [0.29, 0.717) is 31.7 Å². The van der Waals surface area contributed by atoms with Crippen molar-refractivity contribution in [2.24, 2.45) is 0 Å². The number of amides is 1. The number of hydrogen-bond acceptors (Lipinski definition) is 6. The first kappa shape index (κ1) is 21.0. The molecule has 2 fully saturated rings. The van der Waals surface area contributed by atoms with Crippen LogP contribution in [-0.4, -0.2) is 74.0 Å². The van der Waals surface area contributed by atoms with Gasteiger partial charge < -0.3 is 4.90 Å². The molecule has 2 saturated heterocycles. The molecule has 2 aromatic heterocycles. The van der Waals surface area contributed by atoms with Crippen molar-refractivity contribution in [1.82, 2.24) is 34.0 Å². The predicted molar refractivity (Wildman–Crippen MR) is 109 cm³/mol. The van der Waals surface area contributed by atoms with E-state index in [1.165, 1.54) is 6.20 Å². The summed E-state index contributed by atoms with van der Waals surface area (Å²) in [5, 5.41) is 12.2. The zero-order chi connectivity index (χ0) is 21.1. The van der Waals surface area contributed by atoms with Crippen molar-refractivity contribution < 1.29 is 13.2 Å². The highest BCUT2D eigenvalue weighted by atomic mass is 32.2. The summed E-state index contributed by atoms with van der Waals surface area (Å²) in [5.41, 5.74) is 0.358. The highest BCUT2D eigenvalue weighted by molar-refractivity contribution is 7.89. The molecule has 0 saturated carbocycles. The first-order valence-electron chi connectivity index (χ1n) is 10.7. The number of carbonyl (C=O) groups excluding carboxylic acids is 1. The lowest BCUT2D eigenvalue weighted by atomic mass is 10.0. The molecule has 0 bridgehead atoms. The van der Waals surface area contributed by atoms with Gasteiger partial charge in [0, 0.05) is 45.0 Å². The molecule has 164 valence electrons. The molecule has 10 nitrogen and oxygen atoms in total. The van der Waals surface area contributed by atoms with E-state index in [-0.39, 0.29) is 16.8 Å². The van der Waals surface area contributed by atoms with Crippen molar-refractivity contribution in [3.63, 3.8) is 0 Å². The Labute approximate surface area is 176 Å². The number of hydrogen-bond donors (Lipinski definition) is 0. The third-order valence-electron chi connectivity index (χ3n) is 5.96. The van der Waals surface area contributed by atoms with Gasteiger partial charge in [-0.25, -0.2) is 8.42 Å². The standard InChI is InChI=1S/C19H29N7O3S/c1-2-24-14-17(13-20-24)30(28,29)26-11-4-3-7-16(26)8-12-25-15-18(21-22-25)19(27)23-9-5-6-10-23/h13-16H,2-12H2,1H3. The van der Waals surface area contributed by atoms with Crippen molar-refractivity contribution in [1.29, 1.82) is 0 Å². The van der Waals surface area contributed by atoms with Gasteiger partial charge in [0.1, 0.15) is 4.90 Å². The predicted octanol–water partition coefficient (Wildman–Crippen LogP) is 1.36. The molecule has 1 atom stereocenters. The van der Waals surface area contributed by atoms with E-state index >= 15 is 0 Å². The number of piperidine rings is 1. The largest absolute Gasteiger partial charge is 0.337 e. The van der Waals surface area contributed by atoms with Crippen LogP contribution in [-0.2, 0) is 23.1 Å². The SMILES string of the molecule is CCn1cc(S(=O)(=O)N2CCCCC2CCn2cc(C(=O)N3CCCC3)nn2)cn1. The van der Waals surface area contributed by atoms with Crippen LogP contribution >= 0.6 is 0 Å². The lowest BCUT2D eigenvalue weighted by Gasteiger charge is -2.34. The minimum Gasteiger partial charge on any atom is -0.337 e. The molecule has 1 amide bonds. The maximum atomic E-state index is 13.2. The van der Waals surface area contributed by atoms with E-state index in [9.17, 15) is 13.2 Å². The summed E-state index contributed by atoms with van der Waals surface area (Å²) in [6.07, 6.45) is 10.1. The van der Waals surface area contributed by atoms with Gasteiger partial charge in [-0.3, -0.25) is 14.2 Å². The zero-order valence-electron chi connectivity index (χ0n) is 17.4. The summed E-state index contributed by atoms with van der Waals surface area (Å²) < 4.78 is 31.2. The number of sulfonamides is 1. The molecule has 0 radical (unpaired) electrons. The van der Waals surface area contributed by atoms with Gasteiger partial charge in [0.2, 0.25) is 10.0 Å². The van der Waals surface area contributed by atoms with Gasteiger partial charge in [-0.1, -0.05) is 11.6 Å². The first-order valence-corrected chi connectivity index (χ1v) is 12.2. The molecule has 0 N–H and O–H groups in total. The Bertz CT molecular complexity index is 978. The Kier molecular flexibility index (Phi) is 6.19. The van der Waals surface area contributed by atoms with Crippen LogP contribution in [0.2, 0.25) is 0 Å². The molecule has 2 aliphatic rings. The number of nitrogens with zero attached hydrogens (tertiary/aromatic N) is 7. The summed E-state index contributed by atoms with van der Waals surface area (Å²) >= 11 is 0. The minimum absolute atomic E-state index is 0.0754. The van der Waals surface area contributed by atoms with Gasteiger partial charge in [0.15, 0.2) is 5.69 Å². The minimum atomic E-state index is -3.58. The molecule has 30 heavy (non-hydrogen) atoms. The normalized spacial score (nSPS) is 20.7. The first-order chi connectivity index (χ1) is 14.5. The Morgan fingerprint density at radius 1 is 1.10 bits per heavy atom. The van der Waals surface area contributed by atoms with Gasteiger partial charge in [-0.15, -0.1) is 5.10 Å². The van der Waals surface area contributed by atoms with Crippen molar-refractivity contribution in [3.05, 3.63) is 24.3 Å². The van der Waals surface area contributed by atoms with Crippen molar-refractivity contribution in [3.8, 4) is 0 Å².